The fraction of sp³-hybridized carbons (Fsp3) is 0.273. The fourth-order valence-electron chi connectivity index (χ4n) is 3.02. The van der Waals surface area contributed by atoms with E-state index in [0.717, 1.165) is 23.1 Å². The summed E-state index contributed by atoms with van der Waals surface area (Å²) in [6, 6.07) is 14.9. The van der Waals surface area contributed by atoms with Gasteiger partial charge >= 0.3 is 0 Å². The van der Waals surface area contributed by atoms with Gasteiger partial charge in [0.1, 0.15) is 0 Å². The van der Waals surface area contributed by atoms with Gasteiger partial charge in [-0.25, -0.2) is 0 Å². The van der Waals surface area contributed by atoms with Crippen LogP contribution in [0.15, 0.2) is 54.7 Å². The summed E-state index contributed by atoms with van der Waals surface area (Å²) in [5.41, 5.74) is 3.03. The van der Waals surface area contributed by atoms with E-state index in [1.165, 1.54) is 0 Å². The molecule has 0 aliphatic rings. The molecule has 5 nitrogen and oxygen atoms in total. The van der Waals surface area contributed by atoms with Gasteiger partial charge < -0.3 is 15.2 Å². The van der Waals surface area contributed by atoms with Gasteiger partial charge in [0.05, 0.1) is 0 Å². The second-order valence-corrected chi connectivity index (χ2v) is 7.07. The number of carbonyl (C=O) groups excluding carboxylic acids is 2. The molecule has 0 aliphatic carbocycles. The number of anilines is 2. The zero-order valence-electron chi connectivity index (χ0n) is 16.0. The SMILES string of the molecule is CCC(=O)Nc1cccc(C(=O)Nc2ccc3c(ccn3CC(C)C)c2)c1. The number of aromatic nitrogens is 1. The van der Waals surface area contributed by atoms with Crippen LogP contribution in [0.5, 0.6) is 0 Å². The summed E-state index contributed by atoms with van der Waals surface area (Å²) in [5.74, 6) is 0.285. The second kappa shape index (κ2) is 8.08. The van der Waals surface area contributed by atoms with Gasteiger partial charge in [-0.15, -0.1) is 0 Å². The van der Waals surface area contributed by atoms with Crippen molar-refractivity contribution in [2.45, 2.75) is 33.7 Å². The minimum absolute atomic E-state index is 0.0797. The van der Waals surface area contributed by atoms with Crippen LogP contribution in [-0.4, -0.2) is 16.4 Å². The Morgan fingerprint density at radius 1 is 1.00 bits per heavy atom. The molecule has 1 heterocycles. The maximum Gasteiger partial charge on any atom is 0.255 e. The number of nitrogens with one attached hydrogen (secondary N) is 2. The normalized spacial score (nSPS) is 11.0. The number of fused-ring (bicyclic) bond motifs is 1. The Morgan fingerprint density at radius 3 is 2.52 bits per heavy atom. The van der Waals surface area contributed by atoms with E-state index in [2.05, 4.69) is 41.3 Å². The van der Waals surface area contributed by atoms with Crippen LogP contribution < -0.4 is 10.6 Å². The van der Waals surface area contributed by atoms with Crippen molar-refractivity contribution in [3.63, 3.8) is 0 Å². The zero-order chi connectivity index (χ0) is 19.4. The summed E-state index contributed by atoms with van der Waals surface area (Å²) in [5, 5.41) is 6.80. The quantitative estimate of drug-likeness (QED) is 0.654. The van der Waals surface area contributed by atoms with E-state index in [1.807, 2.05) is 18.2 Å². The third-order valence-corrected chi connectivity index (χ3v) is 4.32. The first-order chi connectivity index (χ1) is 13.0. The molecule has 27 heavy (non-hydrogen) atoms. The Hall–Kier alpha value is -3.08. The molecule has 0 bridgehead atoms. The Bertz CT molecular complexity index is 973. The molecule has 1 aromatic heterocycles. The summed E-state index contributed by atoms with van der Waals surface area (Å²) < 4.78 is 2.23. The van der Waals surface area contributed by atoms with Gasteiger partial charge in [-0.3, -0.25) is 9.59 Å². The smallest absolute Gasteiger partial charge is 0.255 e. The monoisotopic (exact) mass is 363 g/mol. The Labute approximate surface area is 159 Å². The molecule has 3 rings (SSSR count). The first-order valence-corrected chi connectivity index (χ1v) is 9.26. The number of benzene rings is 2. The van der Waals surface area contributed by atoms with Crippen molar-refractivity contribution in [2.24, 2.45) is 5.92 Å². The van der Waals surface area contributed by atoms with Gasteiger partial charge in [0.2, 0.25) is 5.91 Å². The Balaban J connectivity index is 1.76. The van der Waals surface area contributed by atoms with Crippen LogP contribution in [0.2, 0.25) is 0 Å². The molecular weight excluding hydrogens is 338 g/mol. The van der Waals surface area contributed by atoms with E-state index in [4.69, 9.17) is 0 Å². The van der Waals surface area contributed by atoms with E-state index in [1.54, 1.807) is 31.2 Å². The molecule has 2 N–H and O–H groups in total. The molecule has 140 valence electrons. The minimum Gasteiger partial charge on any atom is -0.347 e. The number of nitrogens with zero attached hydrogens (tertiary/aromatic N) is 1. The highest BCUT2D eigenvalue weighted by molar-refractivity contribution is 6.06. The van der Waals surface area contributed by atoms with Gasteiger partial charge in [-0.2, -0.15) is 0 Å². The molecule has 3 aromatic rings. The van der Waals surface area contributed by atoms with Crippen LogP contribution >= 0.6 is 0 Å². The van der Waals surface area contributed by atoms with Gasteiger partial charge in [0, 0.05) is 47.0 Å². The number of amides is 2. The predicted molar refractivity (Wildman–Crippen MR) is 110 cm³/mol. The van der Waals surface area contributed by atoms with Gasteiger partial charge in [0.25, 0.3) is 5.91 Å². The van der Waals surface area contributed by atoms with Gasteiger partial charge in [0.15, 0.2) is 0 Å². The molecule has 0 saturated carbocycles. The highest BCUT2D eigenvalue weighted by Crippen LogP contribution is 2.22. The molecule has 0 radical (unpaired) electrons. The average Bonchev–Trinajstić information content (AvgIpc) is 3.03. The highest BCUT2D eigenvalue weighted by atomic mass is 16.2. The lowest BCUT2D eigenvalue weighted by molar-refractivity contribution is -0.115. The lowest BCUT2D eigenvalue weighted by atomic mass is 10.1. The van der Waals surface area contributed by atoms with Crippen LogP contribution in [0.25, 0.3) is 10.9 Å². The van der Waals surface area contributed by atoms with E-state index >= 15 is 0 Å². The fourth-order valence-corrected chi connectivity index (χ4v) is 3.02. The summed E-state index contributed by atoms with van der Waals surface area (Å²) in [4.78, 5) is 24.1. The largest absolute Gasteiger partial charge is 0.347 e. The molecule has 2 aromatic carbocycles. The van der Waals surface area contributed by atoms with E-state index < -0.39 is 0 Å². The van der Waals surface area contributed by atoms with Crippen LogP contribution in [0.3, 0.4) is 0 Å². The third kappa shape index (κ3) is 4.56. The van der Waals surface area contributed by atoms with Crippen LogP contribution in [0.1, 0.15) is 37.6 Å². The molecule has 0 aliphatic heterocycles. The average molecular weight is 363 g/mol. The third-order valence-electron chi connectivity index (χ3n) is 4.32. The molecule has 0 fully saturated rings. The zero-order valence-corrected chi connectivity index (χ0v) is 16.0. The lowest BCUT2D eigenvalue weighted by Gasteiger charge is -2.10. The number of carbonyl (C=O) groups is 2. The van der Waals surface area contributed by atoms with Crippen molar-refractivity contribution >= 4 is 34.1 Å². The molecule has 0 saturated heterocycles. The number of rotatable bonds is 6. The summed E-state index contributed by atoms with van der Waals surface area (Å²) >= 11 is 0. The second-order valence-electron chi connectivity index (χ2n) is 7.07. The molecule has 2 amide bonds. The first-order valence-electron chi connectivity index (χ1n) is 9.26. The predicted octanol–water partition coefficient (Wildman–Crippen LogP) is 4.90. The van der Waals surface area contributed by atoms with Gasteiger partial charge in [-0.1, -0.05) is 26.8 Å². The molecule has 5 heteroatoms. The summed E-state index contributed by atoms with van der Waals surface area (Å²) in [6.45, 7) is 7.14. The summed E-state index contributed by atoms with van der Waals surface area (Å²) in [6.07, 6.45) is 2.48. The number of hydrogen-bond acceptors (Lipinski definition) is 2. The highest BCUT2D eigenvalue weighted by Gasteiger charge is 2.10. The Kier molecular flexibility index (Phi) is 5.60. The minimum atomic E-state index is -0.205. The van der Waals surface area contributed by atoms with Crippen molar-refractivity contribution in [3.05, 3.63) is 60.3 Å². The molecule has 0 atom stereocenters. The molecule has 0 spiro atoms. The standard InChI is InChI=1S/C22H25N3O2/c1-4-21(26)23-18-7-5-6-17(13-18)22(27)24-19-8-9-20-16(12-19)10-11-25(20)14-15(2)3/h5-13,15H,4,14H2,1-3H3,(H,23,26)(H,24,27). The summed E-state index contributed by atoms with van der Waals surface area (Å²) in [7, 11) is 0. The Morgan fingerprint density at radius 2 is 1.78 bits per heavy atom. The first kappa shape index (κ1) is 18.7. The topological polar surface area (TPSA) is 63.1 Å². The van der Waals surface area contributed by atoms with Crippen molar-refractivity contribution in [1.82, 2.24) is 4.57 Å². The van der Waals surface area contributed by atoms with Crippen LogP contribution in [-0.2, 0) is 11.3 Å². The van der Waals surface area contributed by atoms with Crippen molar-refractivity contribution < 1.29 is 9.59 Å². The van der Waals surface area contributed by atoms with Crippen molar-refractivity contribution in [3.8, 4) is 0 Å². The van der Waals surface area contributed by atoms with Crippen molar-refractivity contribution in [2.75, 3.05) is 10.6 Å². The molecular formula is C22H25N3O2. The van der Waals surface area contributed by atoms with Crippen LogP contribution in [0.4, 0.5) is 11.4 Å². The van der Waals surface area contributed by atoms with E-state index in [-0.39, 0.29) is 11.8 Å². The van der Waals surface area contributed by atoms with Crippen LogP contribution in [0, 0.1) is 5.92 Å². The maximum absolute atomic E-state index is 12.6. The molecule has 0 unspecified atom stereocenters. The number of hydrogen-bond donors (Lipinski definition) is 2. The van der Waals surface area contributed by atoms with Crippen molar-refractivity contribution in [1.29, 1.82) is 0 Å². The lowest BCUT2D eigenvalue weighted by Crippen LogP contribution is -2.13. The van der Waals surface area contributed by atoms with E-state index in [0.29, 0.717) is 23.6 Å². The van der Waals surface area contributed by atoms with Gasteiger partial charge in [-0.05, 0) is 48.4 Å². The maximum atomic E-state index is 12.6. The van der Waals surface area contributed by atoms with E-state index in [9.17, 15) is 9.59 Å².